The maximum atomic E-state index is 11.6. The zero-order valence-corrected chi connectivity index (χ0v) is 11.8. The standard InChI is InChI=1S/C14H21N3O3/c1-3-11(6-13(18)19)7-16-14(20)17-9-12-5-4-10(2)15-8-12/h4-5,8,11H,3,6-7,9H2,1-2H3,(H,18,19)(H2,16,17,20). The van der Waals surface area contributed by atoms with E-state index in [2.05, 4.69) is 15.6 Å². The maximum absolute atomic E-state index is 11.6. The summed E-state index contributed by atoms with van der Waals surface area (Å²) in [5.74, 6) is -0.885. The van der Waals surface area contributed by atoms with Gasteiger partial charge in [-0.25, -0.2) is 4.79 Å². The summed E-state index contributed by atoms with van der Waals surface area (Å²) in [6, 6.07) is 3.49. The van der Waals surface area contributed by atoms with E-state index < -0.39 is 5.97 Å². The third kappa shape index (κ3) is 6.17. The van der Waals surface area contributed by atoms with Gasteiger partial charge < -0.3 is 15.7 Å². The van der Waals surface area contributed by atoms with Gasteiger partial charge in [-0.05, 0) is 24.5 Å². The number of hydrogen-bond donors (Lipinski definition) is 3. The number of amides is 2. The van der Waals surface area contributed by atoms with Gasteiger partial charge in [0.1, 0.15) is 0 Å². The summed E-state index contributed by atoms with van der Waals surface area (Å²) in [4.78, 5) is 26.4. The minimum Gasteiger partial charge on any atom is -0.481 e. The first-order chi connectivity index (χ1) is 9.51. The number of aromatic nitrogens is 1. The van der Waals surface area contributed by atoms with E-state index in [0.29, 0.717) is 19.5 Å². The molecule has 1 unspecified atom stereocenters. The van der Waals surface area contributed by atoms with E-state index >= 15 is 0 Å². The molecular weight excluding hydrogens is 258 g/mol. The van der Waals surface area contributed by atoms with Crippen LogP contribution in [-0.4, -0.2) is 28.6 Å². The van der Waals surface area contributed by atoms with E-state index in [4.69, 9.17) is 5.11 Å². The number of aliphatic carboxylic acids is 1. The summed E-state index contributed by atoms with van der Waals surface area (Å²) in [5.41, 5.74) is 1.85. The number of hydrogen-bond acceptors (Lipinski definition) is 3. The fourth-order valence-electron chi connectivity index (χ4n) is 1.69. The van der Waals surface area contributed by atoms with Crippen LogP contribution in [-0.2, 0) is 11.3 Å². The van der Waals surface area contributed by atoms with Crippen molar-refractivity contribution in [1.29, 1.82) is 0 Å². The van der Waals surface area contributed by atoms with E-state index in [1.54, 1.807) is 6.20 Å². The Hall–Kier alpha value is -2.11. The number of carboxylic acids is 1. The van der Waals surface area contributed by atoms with Gasteiger partial charge in [0.25, 0.3) is 0 Å². The van der Waals surface area contributed by atoms with Crippen LogP contribution in [0, 0.1) is 12.8 Å². The molecule has 0 aromatic carbocycles. The Morgan fingerprint density at radius 2 is 2.10 bits per heavy atom. The quantitative estimate of drug-likeness (QED) is 0.708. The SMILES string of the molecule is CCC(CNC(=O)NCc1ccc(C)nc1)CC(=O)O. The van der Waals surface area contributed by atoms with E-state index in [-0.39, 0.29) is 18.4 Å². The molecule has 6 nitrogen and oxygen atoms in total. The highest BCUT2D eigenvalue weighted by Crippen LogP contribution is 2.06. The fourth-order valence-corrected chi connectivity index (χ4v) is 1.69. The molecule has 0 bridgehead atoms. The van der Waals surface area contributed by atoms with Crippen LogP contribution in [0.4, 0.5) is 4.79 Å². The second-order valence-corrected chi connectivity index (χ2v) is 4.74. The summed E-state index contributed by atoms with van der Waals surface area (Å²) < 4.78 is 0. The minimum absolute atomic E-state index is 0.0423. The van der Waals surface area contributed by atoms with Crippen LogP contribution >= 0.6 is 0 Å². The molecule has 0 spiro atoms. The summed E-state index contributed by atoms with van der Waals surface area (Å²) >= 11 is 0. The van der Waals surface area contributed by atoms with Crippen molar-refractivity contribution in [1.82, 2.24) is 15.6 Å². The van der Waals surface area contributed by atoms with Crippen molar-refractivity contribution in [3.8, 4) is 0 Å². The number of aryl methyl sites for hydroxylation is 1. The molecular formula is C14H21N3O3. The smallest absolute Gasteiger partial charge is 0.315 e. The van der Waals surface area contributed by atoms with Crippen molar-refractivity contribution in [2.45, 2.75) is 33.2 Å². The van der Waals surface area contributed by atoms with Crippen LogP contribution < -0.4 is 10.6 Å². The monoisotopic (exact) mass is 279 g/mol. The number of nitrogens with zero attached hydrogens (tertiary/aromatic N) is 1. The van der Waals surface area contributed by atoms with E-state index in [9.17, 15) is 9.59 Å². The van der Waals surface area contributed by atoms with Crippen LogP contribution in [0.3, 0.4) is 0 Å². The molecule has 0 aliphatic carbocycles. The van der Waals surface area contributed by atoms with E-state index in [1.807, 2.05) is 26.0 Å². The average molecular weight is 279 g/mol. The molecule has 0 fully saturated rings. The van der Waals surface area contributed by atoms with Gasteiger partial charge in [-0.15, -0.1) is 0 Å². The second kappa shape index (κ2) is 8.14. The highest BCUT2D eigenvalue weighted by molar-refractivity contribution is 5.74. The van der Waals surface area contributed by atoms with Gasteiger partial charge in [0.05, 0.1) is 0 Å². The van der Waals surface area contributed by atoms with Crippen molar-refractivity contribution in [2.75, 3.05) is 6.54 Å². The number of pyridine rings is 1. The van der Waals surface area contributed by atoms with Gasteiger partial charge in [-0.1, -0.05) is 19.4 Å². The Morgan fingerprint density at radius 3 is 2.65 bits per heavy atom. The molecule has 0 radical (unpaired) electrons. The lowest BCUT2D eigenvalue weighted by atomic mass is 10.0. The number of carbonyl (C=O) groups excluding carboxylic acids is 1. The van der Waals surface area contributed by atoms with Crippen molar-refractivity contribution in [2.24, 2.45) is 5.92 Å². The van der Waals surface area contributed by atoms with Crippen LogP contribution in [0.2, 0.25) is 0 Å². The molecule has 3 N–H and O–H groups in total. The summed E-state index contributed by atoms with van der Waals surface area (Å²) in [6.45, 7) is 4.57. The molecule has 1 aromatic heterocycles. The van der Waals surface area contributed by atoms with Gasteiger partial charge in [-0.2, -0.15) is 0 Å². The Labute approximate surface area is 118 Å². The zero-order chi connectivity index (χ0) is 15.0. The molecule has 0 saturated carbocycles. The Kier molecular flexibility index (Phi) is 6.49. The average Bonchev–Trinajstić information content (AvgIpc) is 2.42. The lowest BCUT2D eigenvalue weighted by Gasteiger charge is -2.14. The van der Waals surface area contributed by atoms with Gasteiger partial charge in [0.15, 0.2) is 0 Å². The first-order valence-electron chi connectivity index (χ1n) is 6.66. The summed E-state index contributed by atoms with van der Waals surface area (Å²) in [7, 11) is 0. The van der Waals surface area contributed by atoms with Crippen molar-refractivity contribution >= 4 is 12.0 Å². The van der Waals surface area contributed by atoms with Gasteiger partial charge in [0, 0.05) is 31.4 Å². The second-order valence-electron chi connectivity index (χ2n) is 4.74. The van der Waals surface area contributed by atoms with Gasteiger partial charge >= 0.3 is 12.0 Å². The van der Waals surface area contributed by atoms with Crippen LogP contribution in [0.5, 0.6) is 0 Å². The highest BCUT2D eigenvalue weighted by atomic mass is 16.4. The Morgan fingerprint density at radius 1 is 1.35 bits per heavy atom. The van der Waals surface area contributed by atoms with Crippen molar-refractivity contribution in [3.63, 3.8) is 0 Å². The molecule has 20 heavy (non-hydrogen) atoms. The number of nitrogens with one attached hydrogen (secondary N) is 2. The van der Waals surface area contributed by atoms with Crippen LogP contribution in [0.25, 0.3) is 0 Å². The molecule has 2 amide bonds. The molecule has 0 aliphatic rings. The molecule has 110 valence electrons. The van der Waals surface area contributed by atoms with Crippen molar-refractivity contribution < 1.29 is 14.7 Å². The van der Waals surface area contributed by atoms with E-state index in [0.717, 1.165) is 11.3 Å². The topological polar surface area (TPSA) is 91.3 Å². The number of rotatable bonds is 7. The first kappa shape index (κ1) is 15.9. The molecule has 1 atom stereocenters. The summed E-state index contributed by atoms with van der Waals surface area (Å²) in [6.07, 6.45) is 2.50. The van der Waals surface area contributed by atoms with Crippen molar-refractivity contribution in [3.05, 3.63) is 29.6 Å². The predicted molar refractivity (Wildman–Crippen MR) is 75.2 cm³/mol. The Balaban J connectivity index is 2.29. The molecule has 1 aromatic rings. The normalized spacial score (nSPS) is 11.7. The Bertz CT molecular complexity index is 445. The lowest BCUT2D eigenvalue weighted by molar-refractivity contribution is -0.138. The van der Waals surface area contributed by atoms with Gasteiger partial charge in [-0.3, -0.25) is 9.78 Å². The molecule has 1 rings (SSSR count). The number of carboxylic acid groups (broad SMARTS) is 1. The molecule has 6 heteroatoms. The molecule has 0 aliphatic heterocycles. The first-order valence-corrected chi connectivity index (χ1v) is 6.66. The molecule has 1 heterocycles. The zero-order valence-electron chi connectivity index (χ0n) is 11.8. The fraction of sp³-hybridized carbons (Fsp3) is 0.500. The lowest BCUT2D eigenvalue weighted by Crippen LogP contribution is -2.38. The minimum atomic E-state index is -0.843. The number of urea groups is 1. The summed E-state index contributed by atoms with van der Waals surface area (Å²) in [5, 5.41) is 14.1. The maximum Gasteiger partial charge on any atom is 0.315 e. The van der Waals surface area contributed by atoms with Crippen LogP contribution in [0.15, 0.2) is 18.3 Å². The number of carbonyl (C=O) groups is 2. The third-order valence-electron chi connectivity index (χ3n) is 3.02. The van der Waals surface area contributed by atoms with Gasteiger partial charge in [0.2, 0.25) is 0 Å². The largest absolute Gasteiger partial charge is 0.481 e. The third-order valence-corrected chi connectivity index (χ3v) is 3.02. The molecule has 0 saturated heterocycles. The van der Waals surface area contributed by atoms with E-state index in [1.165, 1.54) is 0 Å². The predicted octanol–water partition coefficient (Wildman–Crippen LogP) is 1.69. The van der Waals surface area contributed by atoms with Crippen LogP contribution in [0.1, 0.15) is 31.0 Å². The highest BCUT2D eigenvalue weighted by Gasteiger charge is 2.12.